The zero-order valence-corrected chi connectivity index (χ0v) is 8.18. The molecule has 2 unspecified atom stereocenters. The van der Waals surface area contributed by atoms with Gasteiger partial charge in [0.05, 0.1) is 11.8 Å². The molecule has 72 valence electrons. The minimum atomic E-state index is 0.163. The predicted molar refractivity (Wildman–Crippen MR) is 54.1 cm³/mol. The fraction of sp³-hybridized carbons (Fsp3) is 0.417. The van der Waals surface area contributed by atoms with Crippen LogP contribution in [0.15, 0.2) is 36.1 Å². The summed E-state index contributed by atoms with van der Waals surface area (Å²) in [5.74, 6) is 1.56. The number of ether oxygens (including phenoxy) is 1. The largest absolute Gasteiger partial charge is 0.490 e. The third-order valence-electron chi connectivity index (χ3n) is 2.64. The van der Waals surface area contributed by atoms with Gasteiger partial charge >= 0.3 is 0 Å². The van der Waals surface area contributed by atoms with Gasteiger partial charge in [-0.25, -0.2) is 0 Å². The fourth-order valence-electron chi connectivity index (χ4n) is 1.78. The van der Waals surface area contributed by atoms with E-state index in [0.717, 1.165) is 5.76 Å². The molecule has 3 atom stereocenters. The maximum absolute atomic E-state index is 8.59. The highest BCUT2D eigenvalue weighted by Crippen LogP contribution is 2.32. The Balaban J connectivity index is 2.07. The number of fused-ring (bicyclic) bond motifs is 1. The van der Waals surface area contributed by atoms with E-state index in [4.69, 9.17) is 10.00 Å². The minimum Gasteiger partial charge on any atom is -0.490 e. The van der Waals surface area contributed by atoms with Gasteiger partial charge in [0.2, 0.25) is 0 Å². The molecular formula is C12H13NO. The van der Waals surface area contributed by atoms with Gasteiger partial charge in [-0.2, -0.15) is 5.26 Å². The lowest BCUT2D eigenvalue weighted by Crippen LogP contribution is -2.14. The van der Waals surface area contributed by atoms with Gasteiger partial charge in [-0.1, -0.05) is 25.2 Å². The molecule has 14 heavy (non-hydrogen) atoms. The highest BCUT2D eigenvalue weighted by molar-refractivity contribution is 5.26. The van der Waals surface area contributed by atoms with Crippen molar-refractivity contribution < 1.29 is 4.74 Å². The van der Waals surface area contributed by atoms with Crippen molar-refractivity contribution in [3.63, 3.8) is 0 Å². The van der Waals surface area contributed by atoms with Gasteiger partial charge < -0.3 is 4.74 Å². The van der Waals surface area contributed by atoms with Crippen molar-refractivity contribution in [3.8, 4) is 6.07 Å². The first-order chi connectivity index (χ1) is 6.81. The van der Waals surface area contributed by atoms with E-state index in [0.29, 0.717) is 12.3 Å². The number of hydrogen-bond acceptors (Lipinski definition) is 2. The molecule has 1 heterocycles. The van der Waals surface area contributed by atoms with Crippen LogP contribution in [0, 0.1) is 23.2 Å². The van der Waals surface area contributed by atoms with E-state index in [1.807, 2.05) is 19.1 Å². The summed E-state index contributed by atoms with van der Waals surface area (Å²) in [5, 5.41) is 8.59. The Morgan fingerprint density at radius 2 is 2.29 bits per heavy atom. The maximum atomic E-state index is 8.59. The Bertz CT molecular complexity index is 346. The Morgan fingerprint density at radius 3 is 3.00 bits per heavy atom. The van der Waals surface area contributed by atoms with Crippen molar-refractivity contribution in [2.24, 2.45) is 11.8 Å². The lowest BCUT2D eigenvalue weighted by atomic mass is 9.97. The zero-order chi connectivity index (χ0) is 9.97. The molecule has 0 spiro atoms. The van der Waals surface area contributed by atoms with E-state index in [9.17, 15) is 0 Å². The number of hydrogen-bond donors (Lipinski definition) is 0. The number of nitriles is 1. The average molecular weight is 187 g/mol. The van der Waals surface area contributed by atoms with E-state index in [2.05, 4.69) is 24.3 Å². The van der Waals surface area contributed by atoms with Crippen LogP contribution in [0.25, 0.3) is 0 Å². The summed E-state index contributed by atoms with van der Waals surface area (Å²) in [6.07, 6.45) is 11.1. The summed E-state index contributed by atoms with van der Waals surface area (Å²) < 4.78 is 5.75. The normalized spacial score (nSPS) is 30.1. The Labute approximate surface area is 84.2 Å². The zero-order valence-electron chi connectivity index (χ0n) is 8.18. The van der Waals surface area contributed by atoms with Crippen LogP contribution in [0.2, 0.25) is 0 Å². The van der Waals surface area contributed by atoms with Gasteiger partial charge in [-0.05, 0) is 12.2 Å². The van der Waals surface area contributed by atoms with Crippen LogP contribution in [-0.2, 0) is 4.74 Å². The van der Waals surface area contributed by atoms with Crippen molar-refractivity contribution in [3.05, 3.63) is 36.1 Å². The first-order valence-electron chi connectivity index (χ1n) is 4.91. The second-order valence-corrected chi connectivity index (χ2v) is 3.76. The number of nitrogens with zero attached hydrogens (tertiary/aromatic N) is 1. The average Bonchev–Trinajstić information content (AvgIpc) is 2.61. The molecule has 0 saturated carbocycles. The first-order valence-corrected chi connectivity index (χ1v) is 4.91. The SMILES string of the molecule is CC(CC#N)C1=CC2C=CC=C[C@@H]2O1. The predicted octanol–water partition coefficient (Wildman–Crippen LogP) is 2.56. The summed E-state index contributed by atoms with van der Waals surface area (Å²) in [7, 11) is 0. The van der Waals surface area contributed by atoms with Crippen molar-refractivity contribution in [1.82, 2.24) is 0 Å². The summed E-state index contributed by atoms with van der Waals surface area (Å²) >= 11 is 0. The molecule has 0 N–H and O–H groups in total. The van der Waals surface area contributed by atoms with Crippen LogP contribution < -0.4 is 0 Å². The van der Waals surface area contributed by atoms with Gasteiger partial charge in [-0.15, -0.1) is 0 Å². The molecule has 1 aliphatic heterocycles. The molecule has 2 aliphatic rings. The fourth-order valence-corrected chi connectivity index (χ4v) is 1.78. The second kappa shape index (κ2) is 3.71. The lowest BCUT2D eigenvalue weighted by Gasteiger charge is -2.16. The molecule has 0 bridgehead atoms. The van der Waals surface area contributed by atoms with Crippen molar-refractivity contribution in [1.29, 1.82) is 5.26 Å². The summed E-state index contributed by atoms with van der Waals surface area (Å²) in [6, 6.07) is 2.17. The highest BCUT2D eigenvalue weighted by atomic mass is 16.5. The van der Waals surface area contributed by atoms with E-state index in [-0.39, 0.29) is 12.0 Å². The van der Waals surface area contributed by atoms with Crippen LogP contribution in [0.3, 0.4) is 0 Å². The summed E-state index contributed by atoms with van der Waals surface area (Å²) in [4.78, 5) is 0. The summed E-state index contributed by atoms with van der Waals surface area (Å²) in [6.45, 7) is 2.03. The second-order valence-electron chi connectivity index (χ2n) is 3.76. The van der Waals surface area contributed by atoms with Gasteiger partial charge in [0.15, 0.2) is 0 Å². The van der Waals surface area contributed by atoms with E-state index >= 15 is 0 Å². The quantitative estimate of drug-likeness (QED) is 0.665. The molecular weight excluding hydrogens is 174 g/mol. The molecule has 0 amide bonds. The smallest absolute Gasteiger partial charge is 0.126 e. The Morgan fingerprint density at radius 1 is 1.50 bits per heavy atom. The topological polar surface area (TPSA) is 33.0 Å². The molecule has 2 nitrogen and oxygen atoms in total. The molecule has 0 aromatic rings. The van der Waals surface area contributed by atoms with E-state index in [1.54, 1.807) is 0 Å². The van der Waals surface area contributed by atoms with Gasteiger partial charge in [-0.3, -0.25) is 0 Å². The van der Waals surface area contributed by atoms with E-state index < -0.39 is 0 Å². The van der Waals surface area contributed by atoms with Crippen molar-refractivity contribution >= 4 is 0 Å². The first kappa shape index (κ1) is 9.08. The van der Waals surface area contributed by atoms with Gasteiger partial charge in [0.25, 0.3) is 0 Å². The third-order valence-corrected chi connectivity index (χ3v) is 2.64. The lowest BCUT2D eigenvalue weighted by molar-refractivity contribution is 0.143. The molecule has 0 fully saturated rings. The van der Waals surface area contributed by atoms with Gasteiger partial charge in [0, 0.05) is 18.3 Å². The maximum Gasteiger partial charge on any atom is 0.126 e. The van der Waals surface area contributed by atoms with Crippen LogP contribution in [0.5, 0.6) is 0 Å². The standard InChI is InChI=1S/C12H13NO/c1-9(6-7-13)12-8-10-4-2-3-5-11(10)14-12/h2-5,8-11H,6H2,1H3/t9?,10?,11-/m0/s1. The van der Waals surface area contributed by atoms with Crippen LogP contribution in [-0.4, -0.2) is 6.10 Å². The summed E-state index contributed by atoms with van der Waals surface area (Å²) in [5.41, 5.74) is 0. The molecule has 0 radical (unpaired) electrons. The highest BCUT2D eigenvalue weighted by Gasteiger charge is 2.28. The molecule has 1 aliphatic carbocycles. The van der Waals surface area contributed by atoms with Crippen molar-refractivity contribution in [2.75, 3.05) is 0 Å². The molecule has 2 rings (SSSR count). The molecule has 0 aromatic heterocycles. The molecule has 0 saturated heterocycles. The van der Waals surface area contributed by atoms with Gasteiger partial charge in [0.1, 0.15) is 6.10 Å². The third kappa shape index (κ3) is 1.58. The van der Waals surface area contributed by atoms with Crippen LogP contribution in [0.1, 0.15) is 13.3 Å². The number of allylic oxidation sites excluding steroid dienone is 3. The Kier molecular flexibility index (Phi) is 2.41. The van der Waals surface area contributed by atoms with Crippen LogP contribution >= 0.6 is 0 Å². The van der Waals surface area contributed by atoms with E-state index in [1.165, 1.54) is 0 Å². The molecule has 0 aromatic carbocycles. The minimum absolute atomic E-state index is 0.163. The van der Waals surface area contributed by atoms with Crippen molar-refractivity contribution in [2.45, 2.75) is 19.4 Å². The Hall–Kier alpha value is -1.49. The molecule has 2 heteroatoms. The number of rotatable bonds is 2. The monoisotopic (exact) mass is 187 g/mol. The van der Waals surface area contributed by atoms with Crippen LogP contribution in [0.4, 0.5) is 0 Å².